The van der Waals surface area contributed by atoms with Gasteiger partial charge in [-0.3, -0.25) is 0 Å². The normalized spacial score (nSPS) is 42.2. The van der Waals surface area contributed by atoms with Crippen LogP contribution < -0.4 is 0 Å². The molecule has 0 aromatic rings. The fourth-order valence-corrected chi connectivity index (χ4v) is 2.76. The molecule has 2 heterocycles. The smallest absolute Gasteiger partial charge is 0.136 e. The van der Waals surface area contributed by atoms with E-state index in [1.165, 1.54) is 0 Å². The van der Waals surface area contributed by atoms with E-state index >= 15 is 0 Å². The summed E-state index contributed by atoms with van der Waals surface area (Å²) in [6, 6.07) is 0. The second-order valence-corrected chi connectivity index (χ2v) is 4.89. The summed E-state index contributed by atoms with van der Waals surface area (Å²) in [6.07, 6.45) is 0.170. The van der Waals surface area contributed by atoms with Crippen molar-refractivity contribution in [2.75, 3.05) is 13.2 Å². The second-order valence-electron chi connectivity index (χ2n) is 4.89. The Bertz CT molecular complexity index is 385. The van der Waals surface area contributed by atoms with Crippen LogP contribution >= 0.6 is 0 Å². The van der Waals surface area contributed by atoms with E-state index in [0.29, 0.717) is 6.42 Å². The van der Waals surface area contributed by atoms with Crippen molar-refractivity contribution in [2.45, 2.75) is 49.6 Å². The molecule has 2 fully saturated rings. The van der Waals surface area contributed by atoms with Gasteiger partial charge in [-0.05, 0) is 13.3 Å². The van der Waals surface area contributed by atoms with Crippen LogP contribution in [0.3, 0.4) is 0 Å². The Kier molecular flexibility index (Phi) is 3.74. The van der Waals surface area contributed by atoms with Crippen LogP contribution in [0.1, 0.15) is 26.2 Å². The van der Waals surface area contributed by atoms with Crippen molar-refractivity contribution in [2.24, 2.45) is 0 Å². The molecule has 2 aliphatic rings. The Morgan fingerprint density at radius 2 is 2.33 bits per heavy atom. The van der Waals surface area contributed by atoms with Crippen molar-refractivity contribution < 1.29 is 24.5 Å². The zero-order valence-corrected chi connectivity index (χ0v) is 10.4. The lowest BCUT2D eigenvalue weighted by molar-refractivity contribution is -0.111. The van der Waals surface area contributed by atoms with E-state index in [9.17, 15) is 15.0 Å². The van der Waals surface area contributed by atoms with E-state index in [2.05, 4.69) is 11.8 Å². The lowest BCUT2D eigenvalue weighted by Crippen LogP contribution is -2.51. The molecule has 0 aliphatic carbocycles. The van der Waals surface area contributed by atoms with Gasteiger partial charge in [-0.25, -0.2) is 0 Å². The first kappa shape index (κ1) is 13.5. The molecule has 0 radical (unpaired) electrons. The summed E-state index contributed by atoms with van der Waals surface area (Å²) in [6.45, 7) is 1.90. The van der Waals surface area contributed by atoms with Crippen molar-refractivity contribution >= 4 is 6.29 Å². The predicted molar refractivity (Wildman–Crippen MR) is 62.7 cm³/mol. The molecule has 2 saturated heterocycles. The molecule has 4 atom stereocenters. The molecule has 100 valence electrons. The molecule has 2 N–H and O–H groups in total. The Balaban J connectivity index is 2.22. The highest BCUT2D eigenvalue weighted by Crippen LogP contribution is 2.46. The number of carbonyl (C=O) groups excluding carboxylic acids is 1. The van der Waals surface area contributed by atoms with Gasteiger partial charge in [0.15, 0.2) is 0 Å². The van der Waals surface area contributed by atoms with Crippen molar-refractivity contribution in [1.82, 2.24) is 0 Å². The average Bonchev–Trinajstić information content (AvgIpc) is 2.84. The maximum atomic E-state index is 10.5. The number of hydrogen-bond donors (Lipinski definition) is 2. The van der Waals surface area contributed by atoms with Gasteiger partial charge in [0.1, 0.15) is 29.7 Å². The van der Waals surface area contributed by atoms with Gasteiger partial charge in [-0.2, -0.15) is 0 Å². The van der Waals surface area contributed by atoms with Gasteiger partial charge in [-0.1, -0.05) is 0 Å². The van der Waals surface area contributed by atoms with Crippen molar-refractivity contribution in [3.05, 3.63) is 0 Å². The number of fused-ring (bicyclic) bond motifs is 1. The number of rotatable bonds is 4. The van der Waals surface area contributed by atoms with E-state index in [1.807, 2.05) is 0 Å². The Labute approximate surface area is 106 Å². The number of aliphatic hydroxyl groups excluding tert-OH is 1. The molecule has 0 aromatic heterocycles. The summed E-state index contributed by atoms with van der Waals surface area (Å²) < 4.78 is 11.1. The van der Waals surface area contributed by atoms with E-state index in [0.717, 1.165) is 6.29 Å². The molecule has 0 saturated carbocycles. The van der Waals surface area contributed by atoms with E-state index in [4.69, 9.17) is 9.47 Å². The first-order valence-corrected chi connectivity index (χ1v) is 6.08. The lowest BCUT2D eigenvalue weighted by atomic mass is 9.81. The fraction of sp³-hybridized carbons (Fsp3) is 0.769. The van der Waals surface area contributed by atoms with Gasteiger partial charge in [0.25, 0.3) is 0 Å². The van der Waals surface area contributed by atoms with Crippen LogP contribution in [0.4, 0.5) is 0 Å². The highest BCUT2D eigenvalue weighted by molar-refractivity contribution is 5.49. The zero-order valence-electron chi connectivity index (χ0n) is 10.4. The van der Waals surface area contributed by atoms with Crippen molar-refractivity contribution in [1.29, 1.82) is 0 Å². The fourth-order valence-electron chi connectivity index (χ4n) is 2.76. The quantitative estimate of drug-likeness (QED) is 0.529. The molecule has 2 rings (SSSR count). The van der Waals surface area contributed by atoms with Gasteiger partial charge >= 0.3 is 0 Å². The molecule has 18 heavy (non-hydrogen) atoms. The SMILES string of the molecule is CC#CC[C@]12OC[C@@](O)(CCC=O)[C@H]1OC[C@@H]2O. The van der Waals surface area contributed by atoms with Crippen molar-refractivity contribution in [3.63, 3.8) is 0 Å². The lowest BCUT2D eigenvalue weighted by Gasteiger charge is -2.31. The number of aliphatic hydroxyl groups is 2. The summed E-state index contributed by atoms with van der Waals surface area (Å²) in [7, 11) is 0. The van der Waals surface area contributed by atoms with Gasteiger partial charge in [-0.15, -0.1) is 11.8 Å². The molecular weight excluding hydrogens is 236 g/mol. The molecule has 0 bridgehead atoms. The van der Waals surface area contributed by atoms with Crippen LogP contribution in [0.5, 0.6) is 0 Å². The highest BCUT2D eigenvalue weighted by atomic mass is 16.6. The highest BCUT2D eigenvalue weighted by Gasteiger charge is 2.65. The molecule has 0 aromatic carbocycles. The number of ether oxygens (including phenoxy) is 2. The van der Waals surface area contributed by atoms with Crippen LogP contribution in [-0.2, 0) is 14.3 Å². The van der Waals surface area contributed by atoms with Crippen molar-refractivity contribution in [3.8, 4) is 11.8 Å². The molecule has 5 nitrogen and oxygen atoms in total. The molecule has 5 heteroatoms. The summed E-state index contributed by atoms with van der Waals surface area (Å²) in [5.41, 5.74) is -2.17. The minimum Gasteiger partial charge on any atom is -0.388 e. The Morgan fingerprint density at radius 3 is 3.00 bits per heavy atom. The largest absolute Gasteiger partial charge is 0.388 e. The van der Waals surface area contributed by atoms with Crippen LogP contribution in [-0.4, -0.2) is 53.1 Å². The third-order valence-electron chi connectivity index (χ3n) is 3.74. The minimum atomic E-state index is -1.21. The standard InChI is InChI=1S/C13H18O5/c1-2-3-6-13-10(15)8-17-11(13)12(16,9-18-13)5-4-7-14/h7,10-11,15-16H,4-6,8-9H2,1H3/t10-,11+,12-,13+/m0/s1. The average molecular weight is 254 g/mol. The molecule has 0 unspecified atom stereocenters. The maximum Gasteiger partial charge on any atom is 0.136 e. The van der Waals surface area contributed by atoms with Gasteiger partial charge in [0.05, 0.1) is 13.2 Å². The van der Waals surface area contributed by atoms with Gasteiger partial charge in [0.2, 0.25) is 0 Å². The number of carbonyl (C=O) groups is 1. The Hall–Kier alpha value is -0.930. The van der Waals surface area contributed by atoms with Gasteiger partial charge < -0.3 is 24.5 Å². The molecule has 0 amide bonds. The summed E-state index contributed by atoms with van der Waals surface area (Å²) in [5.74, 6) is 5.64. The monoisotopic (exact) mass is 254 g/mol. The van der Waals surface area contributed by atoms with Crippen LogP contribution in [0.25, 0.3) is 0 Å². The number of aldehydes is 1. The summed E-state index contributed by atoms with van der Waals surface area (Å²) in [4.78, 5) is 10.4. The molecule has 0 spiro atoms. The molecular formula is C13H18O5. The van der Waals surface area contributed by atoms with E-state index in [1.54, 1.807) is 6.92 Å². The van der Waals surface area contributed by atoms with Crippen LogP contribution in [0.2, 0.25) is 0 Å². The maximum absolute atomic E-state index is 10.5. The summed E-state index contributed by atoms with van der Waals surface area (Å²) >= 11 is 0. The van der Waals surface area contributed by atoms with E-state index < -0.39 is 23.4 Å². The first-order chi connectivity index (χ1) is 8.59. The third-order valence-corrected chi connectivity index (χ3v) is 3.74. The second kappa shape index (κ2) is 4.98. The van der Waals surface area contributed by atoms with E-state index in [-0.39, 0.29) is 26.1 Å². The van der Waals surface area contributed by atoms with Crippen LogP contribution in [0, 0.1) is 11.8 Å². The third kappa shape index (κ3) is 1.95. The van der Waals surface area contributed by atoms with Gasteiger partial charge in [0, 0.05) is 12.8 Å². The molecule has 2 aliphatic heterocycles. The number of hydrogen-bond acceptors (Lipinski definition) is 5. The summed E-state index contributed by atoms with van der Waals surface area (Å²) in [5, 5.41) is 20.5. The minimum absolute atomic E-state index is 0.0635. The topological polar surface area (TPSA) is 76.0 Å². The zero-order chi connectivity index (χ0) is 13.2. The first-order valence-electron chi connectivity index (χ1n) is 6.08. The van der Waals surface area contributed by atoms with Crippen LogP contribution in [0.15, 0.2) is 0 Å². The Morgan fingerprint density at radius 1 is 1.56 bits per heavy atom. The predicted octanol–water partition coefficient (Wildman–Crippen LogP) is -0.361.